The van der Waals surface area contributed by atoms with Crippen molar-refractivity contribution in [3.8, 4) is 0 Å². The second-order valence-electron chi connectivity index (χ2n) is 8.45. The monoisotopic (exact) mass is 454 g/mol. The number of piperidine rings is 1. The van der Waals surface area contributed by atoms with Gasteiger partial charge in [0.25, 0.3) is 11.9 Å². The molecule has 2 aromatic rings. The van der Waals surface area contributed by atoms with E-state index in [0.29, 0.717) is 30.3 Å². The maximum absolute atomic E-state index is 12.7. The Kier molecular flexibility index (Phi) is 5.39. The Morgan fingerprint density at radius 2 is 1.91 bits per heavy atom. The fraction of sp³-hybridized carbons (Fsp3) is 0.375. The number of halogens is 1. The first-order valence-corrected chi connectivity index (χ1v) is 11.1. The Hall–Kier alpha value is -2.90. The number of carbonyl (C=O) groups is 2. The molecule has 1 amide bonds. The SMILES string of the molecule is O=C(O)CC(c1ccc(Cl)cc1)C1OC(N2CCC3(CC2)OCc2ccccc23)=NC1=O. The second-order valence-corrected chi connectivity index (χ2v) is 8.89. The van der Waals surface area contributed by atoms with Crippen molar-refractivity contribution in [2.75, 3.05) is 13.1 Å². The predicted molar refractivity (Wildman–Crippen MR) is 117 cm³/mol. The molecule has 2 atom stereocenters. The Morgan fingerprint density at radius 1 is 1.19 bits per heavy atom. The van der Waals surface area contributed by atoms with Gasteiger partial charge < -0.3 is 19.5 Å². The minimum absolute atomic E-state index is 0.241. The molecule has 1 N–H and O–H groups in total. The quantitative estimate of drug-likeness (QED) is 0.757. The van der Waals surface area contributed by atoms with Crippen LogP contribution in [0.4, 0.5) is 0 Å². The van der Waals surface area contributed by atoms with Crippen molar-refractivity contribution in [2.45, 2.75) is 43.5 Å². The number of amidine groups is 1. The third-order valence-electron chi connectivity index (χ3n) is 6.59. The van der Waals surface area contributed by atoms with Crippen LogP contribution in [0.2, 0.25) is 5.02 Å². The van der Waals surface area contributed by atoms with Crippen LogP contribution in [0.5, 0.6) is 0 Å². The van der Waals surface area contributed by atoms with Gasteiger partial charge in [0.1, 0.15) is 0 Å². The molecule has 166 valence electrons. The van der Waals surface area contributed by atoms with Crippen LogP contribution in [-0.4, -0.2) is 47.1 Å². The molecule has 1 fully saturated rings. The average molecular weight is 455 g/mol. The molecule has 5 rings (SSSR count). The Bertz CT molecular complexity index is 1080. The maximum atomic E-state index is 12.7. The molecule has 0 radical (unpaired) electrons. The number of aliphatic carboxylic acids is 1. The van der Waals surface area contributed by atoms with E-state index in [0.717, 1.165) is 12.8 Å². The second kappa shape index (κ2) is 8.22. The molecule has 32 heavy (non-hydrogen) atoms. The molecule has 3 aliphatic heterocycles. The van der Waals surface area contributed by atoms with E-state index in [1.807, 2.05) is 17.0 Å². The van der Waals surface area contributed by atoms with Crippen LogP contribution in [-0.2, 0) is 31.3 Å². The van der Waals surface area contributed by atoms with Crippen LogP contribution in [0.25, 0.3) is 0 Å². The molecule has 2 aromatic carbocycles. The Balaban J connectivity index is 1.30. The topological polar surface area (TPSA) is 88.4 Å². The first-order chi connectivity index (χ1) is 15.4. The first kappa shape index (κ1) is 21.0. The van der Waals surface area contributed by atoms with E-state index in [-0.39, 0.29) is 18.0 Å². The number of aliphatic imine (C=N–C) groups is 1. The molecule has 0 aromatic heterocycles. The highest BCUT2D eigenvalue weighted by atomic mass is 35.5. The van der Waals surface area contributed by atoms with Gasteiger partial charge in [-0.25, -0.2) is 0 Å². The van der Waals surface area contributed by atoms with Crippen molar-refractivity contribution in [1.29, 1.82) is 0 Å². The minimum atomic E-state index is -1.01. The number of nitrogens with zero attached hydrogens (tertiary/aromatic N) is 2. The molecule has 0 saturated carbocycles. The maximum Gasteiger partial charge on any atom is 0.304 e. The summed E-state index contributed by atoms with van der Waals surface area (Å²) in [4.78, 5) is 30.3. The highest BCUT2D eigenvalue weighted by molar-refractivity contribution is 6.30. The number of carboxylic acid groups (broad SMARTS) is 1. The van der Waals surface area contributed by atoms with Crippen molar-refractivity contribution in [2.24, 2.45) is 4.99 Å². The molecule has 0 bridgehead atoms. The first-order valence-electron chi connectivity index (χ1n) is 10.7. The lowest BCUT2D eigenvalue weighted by molar-refractivity contribution is -0.138. The zero-order chi connectivity index (χ0) is 22.3. The number of hydrogen-bond donors (Lipinski definition) is 1. The lowest BCUT2D eigenvalue weighted by atomic mass is 9.84. The fourth-order valence-corrected chi connectivity index (χ4v) is 5.03. The number of benzene rings is 2. The van der Waals surface area contributed by atoms with Gasteiger partial charge in [0.2, 0.25) is 0 Å². The van der Waals surface area contributed by atoms with Crippen LogP contribution in [0, 0.1) is 0 Å². The molecule has 3 aliphatic rings. The molecular formula is C24H23ClN2O5. The lowest BCUT2D eigenvalue weighted by Crippen LogP contribution is -2.45. The fourth-order valence-electron chi connectivity index (χ4n) is 4.90. The number of carboxylic acids is 1. The molecule has 8 heteroatoms. The van der Waals surface area contributed by atoms with Gasteiger partial charge in [-0.15, -0.1) is 0 Å². The minimum Gasteiger partial charge on any atom is -0.481 e. The van der Waals surface area contributed by atoms with Gasteiger partial charge in [0, 0.05) is 24.0 Å². The summed E-state index contributed by atoms with van der Waals surface area (Å²) in [6.45, 7) is 1.89. The average Bonchev–Trinajstić information content (AvgIpc) is 3.35. The van der Waals surface area contributed by atoms with Gasteiger partial charge >= 0.3 is 5.97 Å². The van der Waals surface area contributed by atoms with E-state index in [2.05, 4.69) is 17.1 Å². The van der Waals surface area contributed by atoms with Gasteiger partial charge in [-0.1, -0.05) is 48.0 Å². The van der Waals surface area contributed by atoms with Gasteiger partial charge in [-0.05, 0) is 41.7 Å². The summed E-state index contributed by atoms with van der Waals surface area (Å²) < 4.78 is 12.2. The summed E-state index contributed by atoms with van der Waals surface area (Å²) in [7, 11) is 0. The highest BCUT2D eigenvalue weighted by Gasteiger charge is 2.45. The number of rotatable bonds is 4. The van der Waals surface area contributed by atoms with E-state index in [1.165, 1.54) is 11.1 Å². The molecule has 3 heterocycles. The van der Waals surface area contributed by atoms with Crippen LogP contribution in [0.3, 0.4) is 0 Å². The zero-order valence-electron chi connectivity index (χ0n) is 17.4. The predicted octanol–water partition coefficient (Wildman–Crippen LogP) is 3.70. The normalized spacial score (nSPS) is 22.4. The highest BCUT2D eigenvalue weighted by Crippen LogP contribution is 2.44. The van der Waals surface area contributed by atoms with E-state index >= 15 is 0 Å². The standard InChI is InChI=1S/C24H23ClN2O5/c25-17-7-5-15(6-8-17)18(13-20(28)29)21-22(30)26-23(32-21)27-11-9-24(10-12-27)19-4-2-1-3-16(19)14-31-24/h1-8,18,21H,9-14H2,(H,28,29). The molecule has 7 nitrogen and oxygen atoms in total. The van der Waals surface area contributed by atoms with E-state index in [4.69, 9.17) is 21.1 Å². The lowest BCUT2D eigenvalue weighted by Gasteiger charge is -2.39. The van der Waals surface area contributed by atoms with Gasteiger partial charge in [-0.3, -0.25) is 9.59 Å². The summed E-state index contributed by atoms with van der Waals surface area (Å²) in [5.74, 6) is -2.12. The smallest absolute Gasteiger partial charge is 0.304 e. The largest absolute Gasteiger partial charge is 0.481 e. The summed E-state index contributed by atoms with van der Waals surface area (Å²) in [5.41, 5.74) is 2.85. The summed E-state index contributed by atoms with van der Waals surface area (Å²) >= 11 is 5.96. The van der Waals surface area contributed by atoms with Crippen LogP contribution < -0.4 is 0 Å². The zero-order valence-corrected chi connectivity index (χ0v) is 18.1. The molecular weight excluding hydrogens is 432 g/mol. The molecule has 1 saturated heterocycles. The Morgan fingerprint density at radius 3 is 2.62 bits per heavy atom. The number of carbonyl (C=O) groups excluding carboxylic acids is 1. The number of amides is 1. The van der Waals surface area contributed by atoms with Gasteiger partial charge in [-0.2, -0.15) is 4.99 Å². The number of fused-ring (bicyclic) bond motifs is 2. The van der Waals surface area contributed by atoms with Gasteiger partial charge in [0.15, 0.2) is 6.10 Å². The number of likely N-dealkylation sites (tertiary alicyclic amines) is 1. The number of ether oxygens (including phenoxy) is 2. The summed E-state index contributed by atoms with van der Waals surface area (Å²) in [6.07, 6.45) is 0.318. The Labute approximate surface area is 190 Å². The molecule has 1 spiro atoms. The summed E-state index contributed by atoms with van der Waals surface area (Å²) in [5, 5.41) is 9.94. The number of hydrogen-bond acceptors (Lipinski definition) is 5. The van der Waals surface area contributed by atoms with Gasteiger partial charge in [0.05, 0.1) is 18.6 Å². The van der Waals surface area contributed by atoms with Crippen LogP contribution in [0.15, 0.2) is 53.5 Å². The van der Waals surface area contributed by atoms with E-state index in [1.54, 1.807) is 24.3 Å². The van der Waals surface area contributed by atoms with Crippen molar-refractivity contribution in [3.63, 3.8) is 0 Å². The molecule has 2 unspecified atom stereocenters. The van der Waals surface area contributed by atoms with E-state index in [9.17, 15) is 14.7 Å². The van der Waals surface area contributed by atoms with E-state index < -0.39 is 23.9 Å². The molecule has 0 aliphatic carbocycles. The van der Waals surface area contributed by atoms with Crippen molar-refractivity contribution >= 4 is 29.5 Å². The van der Waals surface area contributed by atoms with Crippen LogP contribution >= 0.6 is 11.6 Å². The van der Waals surface area contributed by atoms with Crippen molar-refractivity contribution < 1.29 is 24.2 Å². The summed E-state index contributed by atoms with van der Waals surface area (Å²) in [6, 6.07) is 15.4. The van der Waals surface area contributed by atoms with Crippen LogP contribution in [0.1, 0.15) is 41.9 Å². The third kappa shape index (κ3) is 3.76. The van der Waals surface area contributed by atoms with Crippen molar-refractivity contribution in [1.82, 2.24) is 4.90 Å². The third-order valence-corrected chi connectivity index (χ3v) is 6.85. The van der Waals surface area contributed by atoms with Crippen molar-refractivity contribution in [3.05, 3.63) is 70.2 Å².